The van der Waals surface area contributed by atoms with E-state index < -0.39 is 22.5 Å². The Morgan fingerprint density at radius 1 is 1.13 bits per heavy atom. The molecule has 11 heteroatoms. The number of hydrogen-bond donors (Lipinski definition) is 2. The van der Waals surface area contributed by atoms with Crippen molar-refractivity contribution < 1.29 is 26.7 Å². The lowest BCUT2D eigenvalue weighted by Crippen LogP contribution is -2.25. The molecule has 7 nitrogen and oxygen atoms in total. The number of hydrogen-bond acceptors (Lipinski definition) is 6. The molecule has 2 aromatic carbocycles. The van der Waals surface area contributed by atoms with E-state index in [0.717, 1.165) is 24.2 Å². The van der Waals surface area contributed by atoms with Crippen LogP contribution in [0, 0.1) is 0 Å². The molecule has 162 valence electrons. The number of sulfonamides is 1. The van der Waals surface area contributed by atoms with Gasteiger partial charge in [0.05, 0.1) is 10.6 Å². The van der Waals surface area contributed by atoms with Crippen LogP contribution in [0.3, 0.4) is 0 Å². The number of halogens is 2. The van der Waals surface area contributed by atoms with E-state index in [0.29, 0.717) is 11.3 Å². The second-order valence-electron chi connectivity index (χ2n) is 6.79. The largest absolute Gasteiger partial charge is 0.434 e. The molecule has 0 bridgehead atoms. The lowest BCUT2D eigenvalue weighted by Gasteiger charge is -2.08. The fourth-order valence-corrected chi connectivity index (χ4v) is 4.79. The molecule has 1 saturated carbocycles. The summed E-state index contributed by atoms with van der Waals surface area (Å²) in [4.78, 5) is 16.8. The van der Waals surface area contributed by atoms with Crippen molar-refractivity contribution in [2.24, 2.45) is 0 Å². The summed E-state index contributed by atoms with van der Waals surface area (Å²) in [5, 5.41) is 4.50. The zero-order chi connectivity index (χ0) is 22.0. The van der Waals surface area contributed by atoms with Gasteiger partial charge in [0.2, 0.25) is 10.0 Å². The van der Waals surface area contributed by atoms with Crippen molar-refractivity contribution >= 4 is 32.4 Å². The molecule has 1 aromatic heterocycles. The zero-order valence-corrected chi connectivity index (χ0v) is 17.6. The Morgan fingerprint density at radius 3 is 2.52 bits per heavy atom. The molecule has 31 heavy (non-hydrogen) atoms. The van der Waals surface area contributed by atoms with Crippen LogP contribution in [0.5, 0.6) is 5.75 Å². The van der Waals surface area contributed by atoms with Crippen LogP contribution in [0.1, 0.15) is 23.2 Å². The minimum absolute atomic E-state index is 0.0108. The first kappa shape index (κ1) is 21.3. The van der Waals surface area contributed by atoms with E-state index >= 15 is 0 Å². The molecular weight excluding hydrogens is 448 g/mol. The molecule has 1 fully saturated rings. The molecule has 1 amide bonds. The predicted octanol–water partition coefficient (Wildman–Crippen LogP) is 4.10. The van der Waals surface area contributed by atoms with Gasteiger partial charge >= 0.3 is 6.61 Å². The molecule has 0 radical (unpaired) electrons. The zero-order valence-electron chi connectivity index (χ0n) is 15.9. The van der Waals surface area contributed by atoms with E-state index in [4.69, 9.17) is 0 Å². The average Bonchev–Trinajstić information content (AvgIpc) is 3.42. The number of aromatic nitrogens is 1. The highest BCUT2D eigenvalue weighted by atomic mass is 32.2. The molecule has 0 saturated heterocycles. The summed E-state index contributed by atoms with van der Waals surface area (Å²) in [6.07, 6.45) is 1.66. The minimum Gasteiger partial charge on any atom is -0.434 e. The van der Waals surface area contributed by atoms with Crippen LogP contribution in [0.4, 0.5) is 13.9 Å². The van der Waals surface area contributed by atoms with Crippen LogP contribution in [-0.4, -0.2) is 32.0 Å². The Kier molecular flexibility index (Phi) is 5.99. The summed E-state index contributed by atoms with van der Waals surface area (Å²) in [6.45, 7) is -2.97. The molecule has 1 aliphatic carbocycles. The topological polar surface area (TPSA) is 97.4 Å². The van der Waals surface area contributed by atoms with E-state index in [2.05, 4.69) is 19.8 Å². The third-order valence-electron chi connectivity index (χ3n) is 4.43. The number of benzene rings is 2. The number of anilines is 1. The number of amides is 1. The van der Waals surface area contributed by atoms with Gasteiger partial charge in [-0.3, -0.25) is 10.1 Å². The Bertz CT molecular complexity index is 1190. The Morgan fingerprint density at radius 2 is 1.84 bits per heavy atom. The van der Waals surface area contributed by atoms with Gasteiger partial charge in [-0.2, -0.15) is 8.78 Å². The van der Waals surface area contributed by atoms with Gasteiger partial charge in [-0.15, -0.1) is 11.3 Å². The number of carbonyl (C=O) groups is 1. The maximum Gasteiger partial charge on any atom is 0.387 e. The molecular formula is C20H17F2N3O4S2. The first-order valence-corrected chi connectivity index (χ1v) is 11.6. The van der Waals surface area contributed by atoms with Crippen molar-refractivity contribution in [2.75, 3.05) is 5.32 Å². The van der Waals surface area contributed by atoms with Crippen molar-refractivity contribution in [3.63, 3.8) is 0 Å². The van der Waals surface area contributed by atoms with Crippen molar-refractivity contribution in [2.45, 2.75) is 30.4 Å². The van der Waals surface area contributed by atoms with Crippen LogP contribution in [0.25, 0.3) is 11.3 Å². The second kappa shape index (κ2) is 8.69. The van der Waals surface area contributed by atoms with Gasteiger partial charge in [0, 0.05) is 22.5 Å². The fraction of sp³-hybridized carbons (Fsp3) is 0.200. The molecule has 0 unspecified atom stereocenters. The molecule has 0 atom stereocenters. The lowest BCUT2D eigenvalue weighted by molar-refractivity contribution is -0.0494. The first-order valence-electron chi connectivity index (χ1n) is 9.25. The fourth-order valence-electron chi connectivity index (χ4n) is 2.78. The van der Waals surface area contributed by atoms with E-state index in [9.17, 15) is 22.0 Å². The number of alkyl halides is 2. The minimum atomic E-state index is -3.60. The van der Waals surface area contributed by atoms with Gasteiger partial charge in [-0.25, -0.2) is 18.1 Å². The molecule has 2 N–H and O–H groups in total. The van der Waals surface area contributed by atoms with Crippen LogP contribution in [-0.2, 0) is 10.0 Å². The molecule has 3 aromatic rings. The number of rotatable bonds is 8. The summed E-state index contributed by atoms with van der Waals surface area (Å²) in [5.41, 5.74) is 1.00. The number of carbonyl (C=O) groups excluding carboxylic acids is 1. The second-order valence-corrected chi connectivity index (χ2v) is 9.36. The summed E-state index contributed by atoms with van der Waals surface area (Å²) in [7, 11) is -3.60. The SMILES string of the molecule is O=C(Nc1nc(-c2ccccc2OC(F)F)cs1)c1ccc(S(=O)(=O)NC2CC2)cc1. The standard InChI is InChI=1S/C20H17F2N3O4S2/c21-19(22)29-17-4-2-1-3-15(17)16-11-30-20(23-16)24-18(26)12-5-9-14(10-6-12)31(27,28)25-13-7-8-13/h1-6,9-11,13,19,25H,7-8H2,(H,23,24,26). The summed E-state index contributed by atoms with van der Waals surface area (Å²) in [5.74, 6) is -0.491. The molecule has 1 aliphatic rings. The number of thiazole rings is 1. The first-order chi connectivity index (χ1) is 14.8. The molecule has 0 aliphatic heterocycles. The van der Waals surface area contributed by atoms with Gasteiger partial charge in [0.15, 0.2) is 5.13 Å². The number of para-hydroxylation sites is 1. The monoisotopic (exact) mass is 465 g/mol. The van der Waals surface area contributed by atoms with E-state index in [1.807, 2.05) is 0 Å². The van der Waals surface area contributed by atoms with Crippen molar-refractivity contribution in [3.8, 4) is 17.0 Å². The maximum atomic E-state index is 12.6. The van der Waals surface area contributed by atoms with Gasteiger partial charge in [-0.05, 0) is 49.2 Å². The smallest absolute Gasteiger partial charge is 0.387 e. The Hall–Kier alpha value is -2.89. The van der Waals surface area contributed by atoms with Crippen LogP contribution in [0.2, 0.25) is 0 Å². The number of ether oxygens (including phenoxy) is 1. The molecule has 0 spiro atoms. The number of nitrogens with zero attached hydrogens (tertiary/aromatic N) is 1. The summed E-state index contributed by atoms with van der Waals surface area (Å²) in [6, 6.07) is 11.8. The van der Waals surface area contributed by atoms with Gasteiger partial charge in [0.25, 0.3) is 5.91 Å². The predicted molar refractivity (Wildman–Crippen MR) is 112 cm³/mol. The Labute approximate surface area is 181 Å². The highest BCUT2D eigenvalue weighted by molar-refractivity contribution is 7.89. The van der Waals surface area contributed by atoms with Gasteiger partial charge in [-0.1, -0.05) is 12.1 Å². The normalized spacial score (nSPS) is 13.9. The lowest BCUT2D eigenvalue weighted by atomic mass is 10.1. The third-order valence-corrected chi connectivity index (χ3v) is 6.72. The highest BCUT2D eigenvalue weighted by Crippen LogP contribution is 2.33. The quantitative estimate of drug-likeness (QED) is 0.522. The highest BCUT2D eigenvalue weighted by Gasteiger charge is 2.28. The Balaban J connectivity index is 1.46. The van der Waals surface area contributed by atoms with Crippen molar-refractivity contribution in [1.29, 1.82) is 0 Å². The molecule has 4 rings (SSSR count). The maximum absolute atomic E-state index is 12.6. The van der Waals surface area contributed by atoms with Crippen molar-refractivity contribution in [1.82, 2.24) is 9.71 Å². The summed E-state index contributed by atoms with van der Waals surface area (Å²) < 4.78 is 56.7. The average molecular weight is 466 g/mol. The van der Waals surface area contributed by atoms with Gasteiger partial charge < -0.3 is 4.74 Å². The van der Waals surface area contributed by atoms with E-state index in [-0.39, 0.29) is 27.4 Å². The van der Waals surface area contributed by atoms with E-state index in [1.165, 1.54) is 30.3 Å². The third kappa shape index (κ3) is 5.24. The number of nitrogens with one attached hydrogen (secondary N) is 2. The summed E-state index contributed by atoms with van der Waals surface area (Å²) >= 11 is 1.12. The molecule has 1 heterocycles. The van der Waals surface area contributed by atoms with Crippen LogP contribution >= 0.6 is 11.3 Å². The van der Waals surface area contributed by atoms with Crippen LogP contribution in [0.15, 0.2) is 58.8 Å². The van der Waals surface area contributed by atoms with Gasteiger partial charge in [0.1, 0.15) is 5.75 Å². The van der Waals surface area contributed by atoms with Crippen molar-refractivity contribution in [3.05, 3.63) is 59.5 Å². The van der Waals surface area contributed by atoms with E-state index in [1.54, 1.807) is 23.6 Å². The van der Waals surface area contributed by atoms with Crippen LogP contribution < -0.4 is 14.8 Å².